The Hall–Kier alpha value is -1.70. The molecule has 1 atom stereocenters. The number of carbonyl (C=O) groups is 1. The maximum absolute atomic E-state index is 12.0. The first-order chi connectivity index (χ1) is 9.49. The van der Waals surface area contributed by atoms with Gasteiger partial charge in [-0.25, -0.2) is 0 Å². The van der Waals surface area contributed by atoms with Gasteiger partial charge in [0.15, 0.2) is 0 Å². The number of rotatable bonds is 7. The van der Waals surface area contributed by atoms with E-state index in [-0.39, 0.29) is 35.5 Å². The summed E-state index contributed by atoms with van der Waals surface area (Å²) in [4.78, 5) is 22.0. The van der Waals surface area contributed by atoms with Crippen molar-refractivity contribution in [3.8, 4) is 0 Å². The van der Waals surface area contributed by atoms with Gasteiger partial charge in [-0.05, 0) is 12.5 Å². The molecule has 1 amide bonds. The van der Waals surface area contributed by atoms with Crippen LogP contribution in [0.2, 0.25) is 5.02 Å². The number of methoxy groups -OCH3 is 1. The Morgan fingerprint density at radius 3 is 2.80 bits per heavy atom. The lowest BCUT2D eigenvalue weighted by molar-refractivity contribution is -0.384. The Labute approximate surface area is 120 Å². The zero-order valence-electron chi connectivity index (χ0n) is 10.8. The number of amides is 1. The van der Waals surface area contributed by atoms with Crippen LogP contribution in [-0.4, -0.2) is 42.3 Å². The highest BCUT2D eigenvalue weighted by Gasteiger charge is 2.18. The molecule has 1 aromatic rings. The Morgan fingerprint density at radius 2 is 2.30 bits per heavy atom. The van der Waals surface area contributed by atoms with Crippen LogP contribution >= 0.6 is 11.6 Å². The van der Waals surface area contributed by atoms with Crippen LogP contribution in [0, 0.1) is 10.1 Å². The fourth-order valence-corrected chi connectivity index (χ4v) is 1.88. The highest BCUT2D eigenvalue weighted by Crippen LogP contribution is 2.22. The average Bonchev–Trinajstić information content (AvgIpc) is 2.38. The summed E-state index contributed by atoms with van der Waals surface area (Å²) in [7, 11) is 1.48. The normalized spacial score (nSPS) is 11.9. The van der Waals surface area contributed by atoms with E-state index >= 15 is 0 Å². The van der Waals surface area contributed by atoms with Crippen molar-refractivity contribution in [3.63, 3.8) is 0 Å². The Kier molecular flexibility index (Phi) is 6.37. The van der Waals surface area contributed by atoms with E-state index in [1.165, 1.54) is 19.2 Å². The molecule has 0 bridgehead atoms. The SMILES string of the molecule is COCC(CCO)NC(=O)c1ccc([N+](=O)[O-])cc1Cl. The van der Waals surface area contributed by atoms with E-state index < -0.39 is 10.8 Å². The molecule has 0 heterocycles. The highest BCUT2D eigenvalue weighted by molar-refractivity contribution is 6.34. The second-order valence-corrected chi connectivity index (χ2v) is 4.47. The number of nitrogens with zero attached hydrogens (tertiary/aromatic N) is 1. The van der Waals surface area contributed by atoms with Gasteiger partial charge in [-0.1, -0.05) is 11.6 Å². The van der Waals surface area contributed by atoms with Gasteiger partial charge in [-0.15, -0.1) is 0 Å². The van der Waals surface area contributed by atoms with Crippen molar-refractivity contribution < 1.29 is 19.6 Å². The Balaban J connectivity index is 2.83. The molecular weight excluding hydrogens is 288 g/mol. The van der Waals surface area contributed by atoms with E-state index in [0.29, 0.717) is 6.42 Å². The summed E-state index contributed by atoms with van der Waals surface area (Å²) < 4.78 is 4.93. The molecule has 1 unspecified atom stereocenters. The largest absolute Gasteiger partial charge is 0.396 e. The van der Waals surface area contributed by atoms with E-state index in [0.717, 1.165) is 6.07 Å². The maximum Gasteiger partial charge on any atom is 0.270 e. The molecule has 7 nitrogen and oxygen atoms in total. The molecule has 0 saturated heterocycles. The Morgan fingerprint density at radius 1 is 1.60 bits per heavy atom. The van der Waals surface area contributed by atoms with Gasteiger partial charge in [0.1, 0.15) is 0 Å². The number of nitro groups is 1. The Bertz CT molecular complexity index is 489. The molecule has 1 aromatic carbocycles. The van der Waals surface area contributed by atoms with Gasteiger partial charge < -0.3 is 15.2 Å². The molecule has 0 aromatic heterocycles. The van der Waals surface area contributed by atoms with Crippen LogP contribution in [0.5, 0.6) is 0 Å². The summed E-state index contributed by atoms with van der Waals surface area (Å²) in [6.07, 6.45) is 0.337. The molecule has 0 radical (unpaired) electrons. The number of aliphatic hydroxyl groups is 1. The van der Waals surface area contributed by atoms with Crippen LogP contribution in [-0.2, 0) is 4.74 Å². The number of non-ortho nitro benzene ring substituents is 1. The molecule has 0 spiro atoms. The lowest BCUT2D eigenvalue weighted by Crippen LogP contribution is -2.38. The van der Waals surface area contributed by atoms with E-state index in [2.05, 4.69) is 5.32 Å². The molecule has 0 aliphatic carbocycles. The van der Waals surface area contributed by atoms with Crippen LogP contribution in [0.15, 0.2) is 18.2 Å². The molecule has 0 saturated carbocycles. The zero-order chi connectivity index (χ0) is 15.1. The first-order valence-corrected chi connectivity index (χ1v) is 6.22. The van der Waals surface area contributed by atoms with Crippen LogP contribution < -0.4 is 5.32 Å². The minimum absolute atomic E-state index is 0.00290. The van der Waals surface area contributed by atoms with Gasteiger partial charge in [0.25, 0.3) is 11.6 Å². The summed E-state index contributed by atoms with van der Waals surface area (Å²) in [5.41, 5.74) is -0.0494. The van der Waals surface area contributed by atoms with Crippen LogP contribution in [0.25, 0.3) is 0 Å². The zero-order valence-corrected chi connectivity index (χ0v) is 11.6. The monoisotopic (exact) mass is 302 g/mol. The van der Waals surface area contributed by atoms with Crippen molar-refractivity contribution in [2.75, 3.05) is 20.3 Å². The minimum Gasteiger partial charge on any atom is -0.396 e. The van der Waals surface area contributed by atoms with Gasteiger partial charge >= 0.3 is 0 Å². The number of hydrogen-bond acceptors (Lipinski definition) is 5. The number of hydrogen-bond donors (Lipinski definition) is 2. The van der Waals surface area contributed by atoms with Crippen LogP contribution in [0.1, 0.15) is 16.8 Å². The summed E-state index contributed by atoms with van der Waals surface area (Å²) >= 11 is 5.86. The minimum atomic E-state index is -0.590. The lowest BCUT2D eigenvalue weighted by Gasteiger charge is -2.17. The quantitative estimate of drug-likeness (QED) is 0.585. The van der Waals surface area contributed by atoms with Crippen LogP contribution in [0.4, 0.5) is 5.69 Å². The molecular formula is C12H15ClN2O5. The highest BCUT2D eigenvalue weighted by atomic mass is 35.5. The predicted molar refractivity (Wildman–Crippen MR) is 72.9 cm³/mol. The average molecular weight is 303 g/mol. The fourth-order valence-electron chi connectivity index (χ4n) is 1.62. The number of carbonyl (C=O) groups excluding carboxylic acids is 1. The summed E-state index contributed by atoms with van der Waals surface area (Å²) in [6.45, 7) is 0.152. The molecule has 8 heteroatoms. The third-order valence-corrected chi connectivity index (χ3v) is 2.90. The topological polar surface area (TPSA) is 102 Å². The van der Waals surface area contributed by atoms with E-state index in [9.17, 15) is 14.9 Å². The van der Waals surface area contributed by atoms with E-state index in [4.69, 9.17) is 21.4 Å². The van der Waals surface area contributed by atoms with Crippen molar-refractivity contribution in [2.24, 2.45) is 0 Å². The number of ether oxygens (including phenoxy) is 1. The third kappa shape index (κ3) is 4.44. The molecule has 1 rings (SSSR count). The molecule has 0 aliphatic heterocycles. The number of benzene rings is 1. The first-order valence-electron chi connectivity index (χ1n) is 5.84. The smallest absolute Gasteiger partial charge is 0.270 e. The van der Waals surface area contributed by atoms with E-state index in [1.807, 2.05) is 0 Å². The van der Waals surface area contributed by atoms with Gasteiger partial charge in [-0.3, -0.25) is 14.9 Å². The number of nitrogens with one attached hydrogen (secondary N) is 1. The standard InChI is InChI=1S/C12H15ClN2O5/c1-20-7-8(4-5-16)14-12(17)10-3-2-9(15(18)19)6-11(10)13/h2-3,6,8,16H,4-5,7H2,1H3,(H,14,17). The molecule has 20 heavy (non-hydrogen) atoms. The number of halogens is 1. The lowest BCUT2D eigenvalue weighted by atomic mass is 10.1. The second kappa shape index (κ2) is 7.78. The van der Waals surface area contributed by atoms with Gasteiger partial charge in [0.05, 0.1) is 28.2 Å². The maximum atomic E-state index is 12.0. The molecule has 110 valence electrons. The van der Waals surface area contributed by atoms with Crippen molar-refractivity contribution in [1.82, 2.24) is 5.32 Å². The molecule has 2 N–H and O–H groups in total. The predicted octanol–water partition coefficient (Wildman–Crippen LogP) is 1.38. The van der Waals surface area contributed by atoms with Crippen molar-refractivity contribution in [2.45, 2.75) is 12.5 Å². The second-order valence-electron chi connectivity index (χ2n) is 4.06. The molecule has 0 fully saturated rings. The third-order valence-electron chi connectivity index (χ3n) is 2.59. The summed E-state index contributed by atoms with van der Waals surface area (Å²) in [6, 6.07) is 3.26. The molecule has 0 aliphatic rings. The van der Waals surface area contributed by atoms with Crippen molar-refractivity contribution in [1.29, 1.82) is 0 Å². The van der Waals surface area contributed by atoms with Gasteiger partial charge in [0.2, 0.25) is 0 Å². The summed E-state index contributed by atoms with van der Waals surface area (Å²) in [5.74, 6) is -0.472. The van der Waals surface area contributed by atoms with Crippen molar-refractivity contribution in [3.05, 3.63) is 38.9 Å². The number of aliphatic hydroxyl groups excluding tert-OH is 1. The van der Waals surface area contributed by atoms with Crippen LogP contribution in [0.3, 0.4) is 0 Å². The first kappa shape index (κ1) is 16.4. The number of nitro benzene ring substituents is 1. The van der Waals surface area contributed by atoms with Gasteiger partial charge in [-0.2, -0.15) is 0 Å². The van der Waals surface area contributed by atoms with Crippen molar-refractivity contribution >= 4 is 23.2 Å². The van der Waals surface area contributed by atoms with E-state index in [1.54, 1.807) is 0 Å². The fraction of sp³-hybridized carbons (Fsp3) is 0.417. The summed E-state index contributed by atoms with van der Waals surface area (Å²) in [5, 5.41) is 22.1. The van der Waals surface area contributed by atoms with Gasteiger partial charge in [0, 0.05) is 25.8 Å².